The predicted octanol–water partition coefficient (Wildman–Crippen LogP) is 5.12. The lowest BCUT2D eigenvalue weighted by atomic mass is 9.98. The molecule has 0 spiro atoms. The Hall–Kier alpha value is -3.84. The number of amides is 1. The first kappa shape index (κ1) is 25.3. The number of hydrogen-bond donors (Lipinski definition) is 3. The molecule has 7 heteroatoms. The predicted molar refractivity (Wildman–Crippen MR) is 140 cm³/mol. The Morgan fingerprint density at radius 1 is 0.972 bits per heavy atom. The highest BCUT2D eigenvalue weighted by Gasteiger charge is 2.26. The van der Waals surface area contributed by atoms with Crippen LogP contribution in [0.4, 0.5) is 4.39 Å². The van der Waals surface area contributed by atoms with Crippen LogP contribution in [0.2, 0.25) is 0 Å². The van der Waals surface area contributed by atoms with Crippen LogP contribution in [-0.4, -0.2) is 30.3 Å². The normalized spacial score (nSPS) is 15.1. The van der Waals surface area contributed by atoms with Crippen LogP contribution >= 0.6 is 0 Å². The molecule has 4 aromatic rings. The summed E-state index contributed by atoms with van der Waals surface area (Å²) < 4.78 is 23.1. The first-order valence-corrected chi connectivity index (χ1v) is 12.4. The minimum Gasteiger partial charge on any atom is -0.454 e. The van der Waals surface area contributed by atoms with E-state index in [0.29, 0.717) is 32.7 Å². The fourth-order valence-corrected chi connectivity index (χ4v) is 4.28. The molecule has 0 saturated carbocycles. The van der Waals surface area contributed by atoms with Crippen LogP contribution in [0.15, 0.2) is 72.8 Å². The number of aromatic nitrogens is 1. The third kappa shape index (κ3) is 6.04. The molecule has 1 aromatic heterocycles. The molecule has 2 aliphatic heterocycles. The summed E-state index contributed by atoms with van der Waals surface area (Å²) in [6.07, 6.45) is 1.37. The quantitative estimate of drug-likeness (QED) is 0.372. The number of halogens is 1. The van der Waals surface area contributed by atoms with E-state index >= 15 is 0 Å². The number of nitrogens with one attached hydrogen (secondary N) is 3. The van der Waals surface area contributed by atoms with Gasteiger partial charge in [0, 0.05) is 29.7 Å². The van der Waals surface area contributed by atoms with Crippen LogP contribution in [-0.2, 0) is 24.2 Å². The topological polar surface area (TPSA) is 75.4 Å². The molecule has 0 bridgehead atoms. The molecule has 0 aliphatic carbocycles. The average Bonchev–Trinajstić information content (AvgIpc) is 3.55. The van der Waals surface area contributed by atoms with Crippen molar-refractivity contribution in [2.45, 2.75) is 39.3 Å². The Kier molecular flexibility index (Phi) is 8.57. The maximum atomic E-state index is 12.9. The SMILES string of the molecule is CC.O=C(NCCc1ccc(F)cc1)[C@@H]1Cc2c([nH]c3ccccc23)CN1.c1ccc2c(c1)OCO2. The summed E-state index contributed by atoms with van der Waals surface area (Å²) in [5.74, 6) is 1.46. The van der Waals surface area contributed by atoms with Crippen LogP contribution in [0.5, 0.6) is 11.5 Å². The van der Waals surface area contributed by atoms with Crippen molar-refractivity contribution in [3.63, 3.8) is 0 Å². The van der Waals surface area contributed by atoms with Crippen LogP contribution in [0, 0.1) is 5.82 Å². The number of hydrogen-bond acceptors (Lipinski definition) is 4. The van der Waals surface area contributed by atoms with Gasteiger partial charge in [-0.15, -0.1) is 0 Å². The number of H-pyrrole nitrogens is 1. The Labute approximate surface area is 210 Å². The van der Waals surface area contributed by atoms with Crippen LogP contribution < -0.4 is 20.1 Å². The highest BCUT2D eigenvalue weighted by atomic mass is 19.1. The molecule has 188 valence electrons. The monoisotopic (exact) mass is 489 g/mol. The molecule has 1 atom stereocenters. The first-order chi connectivity index (χ1) is 17.7. The molecule has 1 amide bonds. The fraction of sp³-hybridized carbons (Fsp3) is 0.276. The molecule has 6 rings (SSSR count). The summed E-state index contributed by atoms with van der Waals surface area (Å²) in [4.78, 5) is 15.9. The van der Waals surface area contributed by atoms with Gasteiger partial charge in [-0.1, -0.05) is 56.3 Å². The van der Waals surface area contributed by atoms with E-state index in [1.165, 1.54) is 23.1 Å². The summed E-state index contributed by atoms with van der Waals surface area (Å²) >= 11 is 0. The van der Waals surface area contributed by atoms with Crippen molar-refractivity contribution < 1.29 is 18.7 Å². The Morgan fingerprint density at radius 2 is 1.64 bits per heavy atom. The lowest BCUT2D eigenvalue weighted by Gasteiger charge is -2.23. The Balaban J connectivity index is 0.000000230. The summed E-state index contributed by atoms with van der Waals surface area (Å²) in [5.41, 5.74) is 4.52. The molecule has 0 fully saturated rings. The van der Waals surface area contributed by atoms with Gasteiger partial charge in [0.25, 0.3) is 0 Å². The molecular weight excluding hydrogens is 457 g/mol. The fourth-order valence-electron chi connectivity index (χ4n) is 4.28. The number of aromatic amines is 1. The highest BCUT2D eigenvalue weighted by molar-refractivity contribution is 5.88. The van der Waals surface area contributed by atoms with E-state index in [1.807, 2.05) is 50.2 Å². The van der Waals surface area contributed by atoms with Crippen molar-refractivity contribution in [3.05, 3.63) is 95.4 Å². The standard InChI is InChI=1S/C20H20FN3O.C7H6O2.C2H6/c21-14-7-5-13(6-8-14)9-10-22-20(25)18-11-16-15-3-1-2-4-17(15)24-19(16)12-23-18;1-2-4-7-6(3-1)8-5-9-7;1-2/h1-8,18,23-24H,9-12H2,(H,22,25);1-4H,5H2;1-2H3/t18-;;/m0../s1. The van der Waals surface area contributed by atoms with Gasteiger partial charge in [0.2, 0.25) is 12.7 Å². The molecule has 3 N–H and O–H groups in total. The minimum atomic E-state index is -0.242. The van der Waals surface area contributed by atoms with E-state index in [2.05, 4.69) is 27.8 Å². The zero-order chi connectivity index (χ0) is 25.3. The molecule has 0 radical (unpaired) electrons. The van der Waals surface area contributed by atoms with Crippen molar-refractivity contribution in [1.29, 1.82) is 0 Å². The van der Waals surface area contributed by atoms with Crippen LogP contribution in [0.3, 0.4) is 0 Å². The van der Waals surface area contributed by atoms with Crippen molar-refractivity contribution in [2.75, 3.05) is 13.3 Å². The largest absolute Gasteiger partial charge is 0.454 e. The summed E-state index contributed by atoms with van der Waals surface area (Å²) in [6.45, 7) is 5.57. The van der Waals surface area contributed by atoms with Crippen LogP contribution in [0.1, 0.15) is 30.7 Å². The van der Waals surface area contributed by atoms with E-state index in [0.717, 1.165) is 28.3 Å². The zero-order valence-electron chi connectivity index (χ0n) is 20.6. The second kappa shape index (κ2) is 12.2. The van der Waals surface area contributed by atoms with Gasteiger partial charge in [-0.2, -0.15) is 0 Å². The van der Waals surface area contributed by atoms with Crippen molar-refractivity contribution >= 4 is 16.8 Å². The number of ether oxygens (including phenoxy) is 2. The molecular formula is C29H32FN3O3. The van der Waals surface area contributed by atoms with Gasteiger partial charge in [0.05, 0.1) is 6.04 Å². The lowest BCUT2D eigenvalue weighted by molar-refractivity contribution is -0.123. The van der Waals surface area contributed by atoms with E-state index in [9.17, 15) is 9.18 Å². The number of carbonyl (C=O) groups is 1. The molecule has 3 aromatic carbocycles. The summed E-state index contributed by atoms with van der Waals surface area (Å²) in [7, 11) is 0. The molecule has 3 heterocycles. The van der Waals surface area contributed by atoms with Gasteiger partial charge in [0.15, 0.2) is 11.5 Å². The molecule has 0 saturated heterocycles. The maximum Gasteiger partial charge on any atom is 0.237 e. The van der Waals surface area contributed by atoms with Gasteiger partial charge in [0.1, 0.15) is 5.82 Å². The van der Waals surface area contributed by atoms with Gasteiger partial charge in [-0.05, 0) is 54.3 Å². The lowest BCUT2D eigenvalue weighted by Crippen LogP contribution is -2.48. The second-order valence-corrected chi connectivity index (χ2v) is 8.29. The molecule has 0 unspecified atom stereocenters. The zero-order valence-corrected chi connectivity index (χ0v) is 20.6. The van der Waals surface area contributed by atoms with Crippen LogP contribution in [0.25, 0.3) is 10.9 Å². The highest BCUT2D eigenvalue weighted by Crippen LogP contribution is 2.30. The van der Waals surface area contributed by atoms with Gasteiger partial charge >= 0.3 is 0 Å². The van der Waals surface area contributed by atoms with Gasteiger partial charge < -0.3 is 19.8 Å². The number of benzene rings is 3. The van der Waals surface area contributed by atoms with Crippen molar-refractivity contribution in [2.24, 2.45) is 0 Å². The Bertz CT molecular complexity index is 1260. The smallest absolute Gasteiger partial charge is 0.237 e. The number of rotatable bonds is 4. The number of fused-ring (bicyclic) bond motifs is 4. The summed E-state index contributed by atoms with van der Waals surface area (Å²) in [6, 6.07) is 22.0. The third-order valence-corrected chi connectivity index (χ3v) is 6.06. The van der Waals surface area contributed by atoms with E-state index < -0.39 is 0 Å². The summed E-state index contributed by atoms with van der Waals surface area (Å²) in [5, 5.41) is 7.48. The molecule has 2 aliphatic rings. The minimum absolute atomic E-state index is 0.0121. The maximum absolute atomic E-state index is 12.9. The van der Waals surface area contributed by atoms with E-state index in [4.69, 9.17) is 9.47 Å². The molecule has 6 nitrogen and oxygen atoms in total. The average molecular weight is 490 g/mol. The first-order valence-electron chi connectivity index (χ1n) is 12.4. The van der Waals surface area contributed by atoms with Crippen molar-refractivity contribution in [1.82, 2.24) is 15.6 Å². The molecule has 36 heavy (non-hydrogen) atoms. The van der Waals surface area contributed by atoms with Gasteiger partial charge in [-0.3, -0.25) is 10.1 Å². The van der Waals surface area contributed by atoms with E-state index in [-0.39, 0.29) is 17.8 Å². The second-order valence-electron chi connectivity index (χ2n) is 8.29. The van der Waals surface area contributed by atoms with E-state index in [1.54, 1.807) is 12.1 Å². The third-order valence-electron chi connectivity index (χ3n) is 6.06. The van der Waals surface area contributed by atoms with Crippen molar-refractivity contribution in [3.8, 4) is 11.5 Å². The van der Waals surface area contributed by atoms with Gasteiger partial charge in [-0.25, -0.2) is 4.39 Å². The number of carbonyl (C=O) groups excluding carboxylic acids is 1. The number of para-hydroxylation sites is 3. The Morgan fingerprint density at radius 3 is 2.36 bits per heavy atom.